The molecule has 0 amide bonds. The van der Waals surface area contributed by atoms with Gasteiger partial charge in [-0.05, 0) is 13.8 Å². The van der Waals surface area contributed by atoms with Gasteiger partial charge in [0.1, 0.15) is 11.6 Å². The van der Waals surface area contributed by atoms with E-state index < -0.39 is 0 Å². The molecule has 0 radical (unpaired) electrons. The number of hydrogen-bond donors (Lipinski definition) is 0. The largest absolute Gasteiger partial charge is 0.374 e. The Hall–Kier alpha value is -1.31. The summed E-state index contributed by atoms with van der Waals surface area (Å²) in [6.45, 7) is 12.6. The molecule has 0 N–H and O–H groups in total. The first kappa shape index (κ1) is 16.5. The van der Waals surface area contributed by atoms with E-state index in [0.717, 1.165) is 44.4 Å². The van der Waals surface area contributed by atoms with Crippen molar-refractivity contribution in [3.05, 3.63) is 27.7 Å². The molecule has 1 aliphatic heterocycles. The molecule has 0 bridgehead atoms. The summed E-state index contributed by atoms with van der Waals surface area (Å²) < 4.78 is 7.86. The molecule has 1 atom stereocenters. The Morgan fingerprint density at radius 1 is 1.35 bits per heavy atom. The van der Waals surface area contributed by atoms with Gasteiger partial charge in [0.15, 0.2) is 0 Å². The van der Waals surface area contributed by atoms with Gasteiger partial charge in [-0.15, -0.1) is 11.3 Å². The van der Waals surface area contributed by atoms with E-state index in [1.807, 2.05) is 18.5 Å². The molecular formula is C16H25N5OS. The van der Waals surface area contributed by atoms with Gasteiger partial charge < -0.3 is 4.74 Å². The fourth-order valence-electron chi connectivity index (χ4n) is 2.85. The third-order valence-corrected chi connectivity index (χ3v) is 5.21. The van der Waals surface area contributed by atoms with Crippen molar-refractivity contribution in [1.29, 1.82) is 0 Å². The quantitative estimate of drug-likeness (QED) is 0.840. The summed E-state index contributed by atoms with van der Waals surface area (Å²) in [6, 6.07) is 0. The molecule has 1 saturated heterocycles. The highest BCUT2D eigenvalue weighted by Crippen LogP contribution is 2.20. The summed E-state index contributed by atoms with van der Waals surface area (Å²) in [5.41, 5.74) is 1.17. The molecule has 3 rings (SSSR count). The van der Waals surface area contributed by atoms with Crippen molar-refractivity contribution >= 4 is 11.3 Å². The summed E-state index contributed by atoms with van der Waals surface area (Å²) in [4.78, 5) is 11.5. The van der Waals surface area contributed by atoms with Gasteiger partial charge in [0.05, 0.1) is 30.0 Å². The number of ether oxygens (including phenoxy) is 1. The zero-order chi connectivity index (χ0) is 16.4. The molecule has 2 aromatic heterocycles. The maximum Gasteiger partial charge on any atom is 0.147 e. The number of aryl methyl sites for hydroxylation is 2. The minimum atomic E-state index is 0.159. The van der Waals surface area contributed by atoms with Gasteiger partial charge in [-0.25, -0.2) is 14.6 Å². The van der Waals surface area contributed by atoms with Crippen LogP contribution >= 0.6 is 11.3 Å². The van der Waals surface area contributed by atoms with Crippen molar-refractivity contribution in [3.63, 3.8) is 0 Å². The third-order valence-electron chi connectivity index (χ3n) is 4.01. The van der Waals surface area contributed by atoms with Crippen LogP contribution in [0, 0.1) is 13.8 Å². The van der Waals surface area contributed by atoms with Gasteiger partial charge in [-0.2, -0.15) is 5.10 Å². The molecule has 0 spiro atoms. The van der Waals surface area contributed by atoms with Crippen LogP contribution in [0.3, 0.4) is 0 Å². The topological polar surface area (TPSA) is 56.1 Å². The Labute approximate surface area is 141 Å². The number of aromatic nitrogens is 4. The van der Waals surface area contributed by atoms with Crippen LogP contribution in [0.15, 0.2) is 5.38 Å². The standard InChI is InChI=1S/C16H25N5OS/c1-11(2)16-18-14(10-23-16)7-20-5-6-22-15(8-20)9-21-13(4)17-12(3)19-21/h10-11,15H,5-9H2,1-4H3. The van der Waals surface area contributed by atoms with Crippen molar-refractivity contribution in [1.82, 2.24) is 24.6 Å². The molecule has 1 fully saturated rings. The first-order chi connectivity index (χ1) is 11.0. The van der Waals surface area contributed by atoms with Gasteiger partial charge in [-0.1, -0.05) is 13.8 Å². The highest BCUT2D eigenvalue weighted by atomic mass is 32.1. The van der Waals surface area contributed by atoms with Gasteiger partial charge in [-0.3, -0.25) is 4.90 Å². The van der Waals surface area contributed by atoms with Crippen LogP contribution in [0.2, 0.25) is 0 Å². The van der Waals surface area contributed by atoms with Crippen LogP contribution < -0.4 is 0 Å². The van der Waals surface area contributed by atoms with Crippen LogP contribution in [0.25, 0.3) is 0 Å². The molecule has 3 heterocycles. The van der Waals surface area contributed by atoms with Gasteiger partial charge in [0, 0.05) is 30.9 Å². The van der Waals surface area contributed by atoms with Crippen LogP contribution in [-0.2, 0) is 17.8 Å². The molecule has 1 unspecified atom stereocenters. The van der Waals surface area contributed by atoms with E-state index in [0.29, 0.717) is 5.92 Å². The van der Waals surface area contributed by atoms with Crippen molar-refractivity contribution in [2.45, 2.75) is 52.8 Å². The Balaban J connectivity index is 1.58. The van der Waals surface area contributed by atoms with E-state index in [1.165, 1.54) is 10.7 Å². The second-order valence-corrected chi connectivity index (χ2v) is 7.34. The second kappa shape index (κ2) is 7.07. The van der Waals surface area contributed by atoms with Gasteiger partial charge in [0.2, 0.25) is 0 Å². The molecular weight excluding hydrogens is 310 g/mol. The van der Waals surface area contributed by atoms with E-state index >= 15 is 0 Å². The fraction of sp³-hybridized carbons (Fsp3) is 0.688. The molecule has 6 nitrogen and oxygen atoms in total. The smallest absolute Gasteiger partial charge is 0.147 e. The summed E-state index contributed by atoms with van der Waals surface area (Å²) >= 11 is 1.76. The predicted octanol–water partition coefficient (Wildman–Crippen LogP) is 2.38. The maximum absolute atomic E-state index is 5.91. The lowest BCUT2D eigenvalue weighted by atomic mass is 10.2. The minimum absolute atomic E-state index is 0.159. The van der Waals surface area contributed by atoms with E-state index in [-0.39, 0.29) is 6.10 Å². The highest BCUT2D eigenvalue weighted by Gasteiger charge is 2.22. The van der Waals surface area contributed by atoms with Crippen LogP contribution in [0.1, 0.15) is 42.1 Å². The molecule has 2 aromatic rings. The number of hydrogen-bond acceptors (Lipinski definition) is 6. The lowest BCUT2D eigenvalue weighted by Crippen LogP contribution is -2.44. The molecule has 23 heavy (non-hydrogen) atoms. The molecule has 0 saturated carbocycles. The minimum Gasteiger partial charge on any atom is -0.374 e. The zero-order valence-electron chi connectivity index (χ0n) is 14.3. The molecule has 1 aliphatic rings. The second-order valence-electron chi connectivity index (χ2n) is 6.45. The fourth-order valence-corrected chi connectivity index (χ4v) is 3.68. The number of morpholine rings is 1. The average Bonchev–Trinajstić information content (AvgIpc) is 3.07. The Bertz CT molecular complexity index is 651. The first-order valence-electron chi connectivity index (χ1n) is 8.17. The number of nitrogens with zero attached hydrogens (tertiary/aromatic N) is 5. The molecule has 0 aromatic carbocycles. The summed E-state index contributed by atoms with van der Waals surface area (Å²) in [6.07, 6.45) is 0.159. The van der Waals surface area contributed by atoms with Crippen molar-refractivity contribution in [2.75, 3.05) is 19.7 Å². The van der Waals surface area contributed by atoms with Crippen LogP contribution in [0.4, 0.5) is 0 Å². The SMILES string of the molecule is Cc1nc(C)n(CC2CN(Cc3csc(C(C)C)n3)CCO2)n1. The van der Waals surface area contributed by atoms with Gasteiger partial charge in [0.25, 0.3) is 0 Å². The summed E-state index contributed by atoms with van der Waals surface area (Å²) in [5.74, 6) is 2.27. The zero-order valence-corrected chi connectivity index (χ0v) is 15.1. The van der Waals surface area contributed by atoms with Crippen molar-refractivity contribution < 1.29 is 4.74 Å². The first-order valence-corrected chi connectivity index (χ1v) is 9.05. The highest BCUT2D eigenvalue weighted by molar-refractivity contribution is 7.09. The maximum atomic E-state index is 5.91. The Kier molecular flexibility index (Phi) is 5.08. The summed E-state index contributed by atoms with van der Waals surface area (Å²) in [7, 11) is 0. The van der Waals surface area contributed by atoms with E-state index in [9.17, 15) is 0 Å². The lowest BCUT2D eigenvalue weighted by molar-refractivity contribution is -0.0408. The van der Waals surface area contributed by atoms with Crippen LogP contribution in [0.5, 0.6) is 0 Å². The normalized spacial score (nSPS) is 19.6. The van der Waals surface area contributed by atoms with Crippen molar-refractivity contribution in [3.8, 4) is 0 Å². The van der Waals surface area contributed by atoms with Crippen LogP contribution in [-0.4, -0.2) is 50.4 Å². The van der Waals surface area contributed by atoms with Crippen molar-refractivity contribution in [2.24, 2.45) is 0 Å². The third kappa shape index (κ3) is 4.16. The number of rotatable bonds is 5. The average molecular weight is 335 g/mol. The van der Waals surface area contributed by atoms with E-state index in [2.05, 4.69) is 34.2 Å². The molecule has 7 heteroatoms. The summed E-state index contributed by atoms with van der Waals surface area (Å²) in [5, 5.41) is 7.84. The monoisotopic (exact) mass is 335 g/mol. The lowest BCUT2D eigenvalue weighted by Gasteiger charge is -2.32. The molecule has 0 aliphatic carbocycles. The Morgan fingerprint density at radius 3 is 2.83 bits per heavy atom. The van der Waals surface area contributed by atoms with E-state index in [4.69, 9.17) is 9.72 Å². The van der Waals surface area contributed by atoms with E-state index in [1.54, 1.807) is 11.3 Å². The molecule has 126 valence electrons. The number of thiazole rings is 1. The Morgan fingerprint density at radius 2 is 2.17 bits per heavy atom. The van der Waals surface area contributed by atoms with Gasteiger partial charge >= 0.3 is 0 Å². The predicted molar refractivity (Wildman–Crippen MR) is 90.7 cm³/mol.